The minimum atomic E-state index is 0.171. The van der Waals surface area contributed by atoms with Crippen molar-refractivity contribution in [2.75, 3.05) is 0 Å². The van der Waals surface area contributed by atoms with Crippen molar-refractivity contribution >= 4 is 65.4 Å². The second-order valence-electron chi connectivity index (χ2n) is 13.5. The highest BCUT2D eigenvalue weighted by molar-refractivity contribution is 6.17. The molecule has 3 unspecified atom stereocenters. The third kappa shape index (κ3) is 3.63. The van der Waals surface area contributed by atoms with Crippen LogP contribution in [0.4, 0.5) is 0 Å². The highest BCUT2D eigenvalue weighted by atomic mass is 16.5. The summed E-state index contributed by atoms with van der Waals surface area (Å²) >= 11 is 0. The van der Waals surface area contributed by atoms with E-state index in [2.05, 4.69) is 140 Å². The van der Waals surface area contributed by atoms with Crippen LogP contribution >= 0.6 is 0 Å². The first-order chi connectivity index (χ1) is 23.8. The van der Waals surface area contributed by atoms with Gasteiger partial charge in [-0.05, 0) is 79.9 Å². The van der Waals surface area contributed by atoms with Gasteiger partial charge in [-0.2, -0.15) is 0 Å². The van der Waals surface area contributed by atoms with Gasteiger partial charge in [0.1, 0.15) is 22.7 Å². The molecule has 7 aromatic rings. The summed E-state index contributed by atoms with van der Waals surface area (Å²) in [5.74, 6) is 2.91. The van der Waals surface area contributed by atoms with Crippen molar-refractivity contribution in [3.8, 4) is 5.75 Å². The summed E-state index contributed by atoms with van der Waals surface area (Å²) in [5, 5.41) is 9.80. The van der Waals surface area contributed by atoms with Gasteiger partial charge in [0.05, 0.1) is 0 Å². The number of furan rings is 1. The normalized spacial score (nSPS) is 20.9. The van der Waals surface area contributed by atoms with Crippen molar-refractivity contribution < 1.29 is 9.15 Å². The van der Waals surface area contributed by atoms with Crippen molar-refractivity contribution in [3.63, 3.8) is 0 Å². The summed E-state index contributed by atoms with van der Waals surface area (Å²) < 4.78 is 12.9. The first-order valence-electron chi connectivity index (χ1n) is 16.9. The van der Waals surface area contributed by atoms with E-state index < -0.39 is 0 Å². The number of allylic oxidation sites excluding steroid dienone is 12. The maximum Gasteiger partial charge on any atom is 0.138 e. The van der Waals surface area contributed by atoms with E-state index >= 15 is 0 Å². The lowest BCUT2D eigenvalue weighted by Gasteiger charge is -2.30. The molecular formula is C46H30O2. The molecule has 0 saturated carbocycles. The van der Waals surface area contributed by atoms with Crippen molar-refractivity contribution in [1.29, 1.82) is 0 Å². The lowest BCUT2D eigenvalue weighted by atomic mass is 9.74. The zero-order valence-electron chi connectivity index (χ0n) is 26.2. The number of hydrogen-bond acceptors (Lipinski definition) is 2. The van der Waals surface area contributed by atoms with Gasteiger partial charge in [-0.25, -0.2) is 0 Å². The smallest absolute Gasteiger partial charge is 0.138 e. The summed E-state index contributed by atoms with van der Waals surface area (Å²) in [7, 11) is 0. The maximum atomic E-state index is 6.73. The molecule has 3 aliphatic carbocycles. The van der Waals surface area contributed by atoms with Crippen molar-refractivity contribution in [2.24, 2.45) is 11.8 Å². The Hall–Kier alpha value is -5.86. The van der Waals surface area contributed by atoms with Gasteiger partial charge in [0.15, 0.2) is 0 Å². The highest BCUT2D eigenvalue weighted by Gasteiger charge is 2.35. The maximum absolute atomic E-state index is 6.73. The van der Waals surface area contributed by atoms with E-state index in [9.17, 15) is 0 Å². The fourth-order valence-electron chi connectivity index (χ4n) is 8.83. The molecule has 6 aromatic carbocycles. The molecule has 0 saturated heterocycles. The number of ether oxygens (including phenoxy) is 1. The number of para-hydroxylation sites is 1. The third-order valence-electron chi connectivity index (χ3n) is 11.0. The van der Waals surface area contributed by atoms with E-state index in [-0.39, 0.29) is 5.92 Å². The van der Waals surface area contributed by atoms with Gasteiger partial charge in [-0.1, -0.05) is 127 Å². The first kappa shape index (κ1) is 26.2. The number of hydrogen-bond donors (Lipinski definition) is 0. The van der Waals surface area contributed by atoms with E-state index in [0.29, 0.717) is 11.8 Å². The minimum Gasteiger partial charge on any atom is -0.460 e. The molecule has 48 heavy (non-hydrogen) atoms. The Kier molecular flexibility index (Phi) is 5.37. The fourth-order valence-corrected chi connectivity index (χ4v) is 8.83. The van der Waals surface area contributed by atoms with E-state index in [1.54, 1.807) is 0 Å². The first-order valence-corrected chi connectivity index (χ1v) is 16.9. The van der Waals surface area contributed by atoms with Crippen molar-refractivity contribution in [2.45, 2.75) is 12.3 Å². The molecule has 11 rings (SSSR count). The van der Waals surface area contributed by atoms with Gasteiger partial charge in [0.25, 0.3) is 0 Å². The van der Waals surface area contributed by atoms with E-state index in [1.165, 1.54) is 49.4 Å². The molecule has 0 radical (unpaired) electrons. The Balaban J connectivity index is 1.07. The molecule has 3 atom stereocenters. The second kappa shape index (κ2) is 9.82. The Morgan fingerprint density at radius 1 is 0.542 bits per heavy atom. The molecule has 0 bridgehead atoms. The molecule has 2 nitrogen and oxygen atoms in total. The van der Waals surface area contributed by atoms with Gasteiger partial charge in [0, 0.05) is 39.5 Å². The molecule has 1 aromatic heterocycles. The Morgan fingerprint density at radius 3 is 2.06 bits per heavy atom. The van der Waals surface area contributed by atoms with E-state index in [0.717, 1.165) is 50.6 Å². The monoisotopic (exact) mass is 614 g/mol. The summed E-state index contributed by atoms with van der Waals surface area (Å²) in [6.07, 6.45) is 21.4. The topological polar surface area (TPSA) is 22.4 Å². The second-order valence-corrected chi connectivity index (χ2v) is 13.5. The molecule has 0 spiro atoms. The Bertz CT molecular complexity index is 2680. The van der Waals surface area contributed by atoms with Crippen LogP contribution in [0.1, 0.15) is 29.0 Å². The average molecular weight is 615 g/mol. The summed E-state index contributed by atoms with van der Waals surface area (Å²) in [4.78, 5) is 0. The quantitative estimate of drug-likeness (QED) is 0.181. The standard InChI is InChI=1S/C46H30O2/c1-2-12-30-27(10-1)11-9-18-32(30)45-35-16-5-3-14-33(35)44(34-15-4-6-17-36(34)45)29-21-23-42-39(24-29)37-22-20-28-25-43-40(26-38(28)46(37)48-42)31-13-7-8-19-41(31)47-43/h1-23,25-27,30,39H,24H2. The predicted octanol–water partition coefficient (Wildman–Crippen LogP) is 12.2. The largest absolute Gasteiger partial charge is 0.460 e. The van der Waals surface area contributed by atoms with Gasteiger partial charge in [-0.3, -0.25) is 0 Å². The van der Waals surface area contributed by atoms with Crippen LogP contribution in [0, 0.1) is 11.8 Å². The van der Waals surface area contributed by atoms with Gasteiger partial charge in [0.2, 0.25) is 0 Å². The van der Waals surface area contributed by atoms with E-state index in [1.807, 2.05) is 12.1 Å². The summed E-state index contributed by atoms with van der Waals surface area (Å²) in [5.41, 5.74) is 8.53. The molecule has 0 N–H and O–H groups in total. The van der Waals surface area contributed by atoms with Crippen molar-refractivity contribution in [1.82, 2.24) is 0 Å². The zero-order chi connectivity index (χ0) is 31.3. The third-order valence-corrected chi connectivity index (χ3v) is 11.0. The molecular weight excluding hydrogens is 585 g/mol. The Morgan fingerprint density at radius 2 is 1.25 bits per heavy atom. The lowest BCUT2D eigenvalue weighted by Crippen LogP contribution is -2.15. The van der Waals surface area contributed by atoms with Crippen LogP contribution in [-0.2, 0) is 0 Å². The zero-order valence-corrected chi connectivity index (χ0v) is 26.2. The molecule has 2 heteroatoms. The lowest BCUT2D eigenvalue weighted by molar-refractivity contribution is 0.430. The average Bonchev–Trinajstić information content (AvgIpc) is 3.70. The Labute approximate surface area is 277 Å². The highest BCUT2D eigenvalue weighted by Crippen LogP contribution is 2.53. The molecule has 1 aliphatic heterocycles. The number of benzene rings is 6. The molecule has 2 heterocycles. The van der Waals surface area contributed by atoms with E-state index in [4.69, 9.17) is 9.15 Å². The minimum absolute atomic E-state index is 0.171. The number of rotatable bonds is 2. The molecule has 4 aliphatic rings. The van der Waals surface area contributed by atoms with Crippen LogP contribution in [0.15, 0.2) is 162 Å². The van der Waals surface area contributed by atoms with Crippen molar-refractivity contribution in [3.05, 3.63) is 174 Å². The molecule has 0 fully saturated rings. The van der Waals surface area contributed by atoms with Crippen LogP contribution in [0.25, 0.3) is 65.4 Å². The fraction of sp³-hybridized carbons (Fsp3) is 0.0870. The number of fused-ring (bicyclic) bond motifs is 11. The summed E-state index contributed by atoms with van der Waals surface area (Å²) in [6.45, 7) is 0. The molecule has 0 amide bonds. The van der Waals surface area contributed by atoms with Gasteiger partial charge < -0.3 is 9.15 Å². The van der Waals surface area contributed by atoms with Crippen LogP contribution in [0.5, 0.6) is 5.75 Å². The van der Waals surface area contributed by atoms with Crippen LogP contribution in [0.3, 0.4) is 0 Å². The van der Waals surface area contributed by atoms with Crippen LogP contribution in [0.2, 0.25) is 0 Å². The molecule has 226 valence electrons. The SMILES string of the molecule is C1=CC2C=CC=C(c3c4ccccc4c(C4=CC=C5Oc6c(ccc7cc8oc9ccccc9c8cc67)C5C4)c4ccccc34)C2C=C1. The van der Waals surface area contributed by atoms with Gasteiger partial charge >= 0.3 is 0 Å². The van der Waals surface area contributed by atoms with Crippen LogP contribution < -0.4 is 4.74 Å². The predicted molar refractivity (Wildman–Crippen MR) is 199 cm³/mol. The van der Waals surface area contributed by atoms with Crippen LogP contribution in [-0.4, -0.2) is 0 Å². The van der Waals surface area contributed by atoms with Gasteiger partial charge in [-0.15, -0.1) is 0 Å². The summed E-state index contributed by atoms with van der Waals surface area (Å²) in [6, 6.07) is 35.3.